The smallest absolute Gasteiger partial charge is 0.274 e. The summed E-state index contributed by atoms with van der Waals surface area (Å²) in [4.78, 5) is 29.1. The van der Waals surface area contributed by atoms with Crippen molar-refractivity contribution in [2.24, 2.45) is 0 Å². The van der Waals surface area contributed by atoms with Gasteiger partial charge < -0.3 is 9.47 Å². The Hall–Kier alpha value is -2.28. The van der Waals surface area contributed by atoms with E-state index in [4.69, 9.17) is 0 Å². The molecule has 1 fully saturated rings. The van der Waals surface area contributed by atoms with Crippen LogP contribution in [0.1, 0.15) is 36.1 Å². The fraction of sp³-hybridized carbons (Fsp3) is 0.529. The molecule has 1 aliphatic heterocycles. The lowest BCUT2D eigenvalue weighted by atomic mass is 10.2. The van der Waals surface area contributed by atoms with Crippen molar-refractivity contribution in [2.45, 2.75) is 26.3 Å². The van der Waals surface area contributed by atoms with Crippen LogP contribution in [0.25, 0.3) is 0 Å². The Morgan fingerprint density at radius 3 is 2.54 bits per heavy atom. The number of amides is 1. The lowest BCUT2D eigenvalue weighted by Crippen LogP contribution is -2.49. The van der Waals surface area contributed by atoms with E-state index in [1.807, 2.05) is 17.3 Å². The van der Waals surface area contributed by atoms with Gasteiger partial charge in [-0.3, -0.25) is 14.7 Å². The van der Waals surface area contributed by atoms with E-state index >= 15 is 0 Å². The van der Waals surface area contributed by atoms with Crippen LogP contribution in [0.5, 0.6) is 0 Å². The SMILES string of the molecule is CC(C)c1nccn1CCN1CCN(C(=O)c2cnccn2)CC1. The van der Waals surface area contributed by atoms with Crippen LogP contribution < -0.4 is 0 Å². The summed E-state index contributed by atoms with van der Waals surface area (Å²) in [5, 5.41) is 0. The molecule has 0 N–H and O–H groups in total. The minimum atomic E-state index is -0.0283. The zero-order valence-corrected chi connectivity index (χ0v) is 14.3. The highest BCUT2D eigenvalue weighted by atomic mass is 16.2. The Balaban J connectivity index is 1.49. The number of imidazole rings is 1. The molecule has 3 heterocycles. The van der Waals surface area contributed by atoms with Crippen molar-refractivity contribution in [3.05, 3.63) is 42.5 Å². The maximum Gasteiger partial charge on any atom is 0.274 e. The van der Waals surface area contributed by atoms with Gasteiger partial charge in [-0.15, -0.1) is 0 Å². The monoisotopic (exact) mass is 328 g/mol. The number of rotatable bonds is 5. The number of nitrogens with zero attached hydrogens (tertiary/aromatic N) is 6. The van der Waals surface area contributed by atoms with E-state index in [0.717, 1.165) is 45.1 Å². The molecular formula is C17H24N6O. The summed E-state index contributed by atoms with van der Waals surface area (Å²) in [6.07, 6.45) is 8.58. The average molecular weight is 328 g/mol. The van der Waals surface area contributed by atoms with Gasteiger partial charge in [-0.2, -0.15) is 0 Å². The van der Waals surface area contributed by atoms with Gasteiger partial charge in [0.1, 0.15) is 11.5 Å². The van der Waals surface area contributed by atoms with E-state index in [-0.39, 0.29) is 5.91 Å². The van der Waals surface area contributed by atoms with Crippen LogP contribution in [0, 0.1) is 0 Å². The maximum atomic E-state index is 12.4. The highest BCUT2D eigenvalue weighted by Crippen LogP contribution is 2.12. The molecular weight excluding hydrogens is 304 g/mol. The zero-order chi connectivity index (χ0) is 16.9. The summed E-state index contributed by atoms with van der Waals surface area (Å²) < 4.78 is 2.22. The molecule has 3 rings (SSSR count). The first-order valence-electron chi connectivity index (χ1n) is 8.44. The van der Waals surface area contributed by atoms with E-state index < -0.39 is 0 Å². The fourth-order valence-corrected chi connectivity index (χ4v) is 3.01. The van der Waals surface area contributed by atoms with Gasteiger partial charge in [0.05, 0.1) is 6.20 Å². The largest absolute Gasteiger partial charge is 0.335 e. The van der Waals surface area contributed by atoms with Gasteiger partial charge in [-0.05, 0) is 0 Å². The molecule has 0 radical (unpaired) electrons. The number of carbonyl (C=O) groups excluding carboxylic acids is 1. The van der Waals surface area contributed by atoms with E-state index in [0.29, 0.717) is 11.6 Å². The second-order valence-corrected chi connectivity index (χ2v) is 6.36. The molecule has 0 aliphatic carbocycles. The summed E-state index contributed by atoms with van der Waals surface area (Å²) in [5.41, 5.74) is 0.422. The summed E-state index contributed by atoms with van der Waals surface area (Å²) in [6.45, 7) is 9.47. The minimum Gasteiger partial charge on any atom is -0.335 e. The number of carbonyl (C=O) groups is 1. The standard InChI is InChI=1S/C17H24N6O/c1-14(2)16-20-5-6-22(16)10-7-21-8-11-23(12-9-21)17(24)15-13-18-3-4-19-15/h3-6,13-14H,7-12H2,1-2H3. The van der Waals surface area contributed by atoms with Gasteiger partial charge in [0.2, 0.25) is 0 Å². The van der Waals surface area contributed by atoms with Crippen LogP contribution in [0.15, 0.2) is 31.0 Å². The van der Waals surface area contributed by atoms with Crippen molar-refractivity contribution < 1.29 is 4.79 Å². The Bertz CT molecular complexity index is 661. The first kappa shape index (κ1) is 16.6. The van der Waals surface area contributed by atoms with Crippen LogP contribution in [-0.2, 0) is 6.54 Å². The molecule has 0 bridgehead atoms. The molecule has 0 atom stereocenters. The van der Waals surface area contributed by atoms with Crippen LogP contribution in [0.3, 0.4) is 0 Å². The van der Waals surface area contributed by atoms with Gasteiger partial charge in [0, 0.05) is 70.0 Å². The van der Waals surface area contributed by atoms with E-state index in [1.165, 1.54) is 6.20 Å². The highest BCUT2D eigenvalue weighted by molar-refractivity contribution is 5.92. The molecule has 0 saturated carbocycles. The summed E-state index contributed by atoms with van der Waals surface area (Å²) in [6, 6.07) is 0. The molecule has 0 aromatic carbocycles. The summed E-state index contributed by atoms with van der Waals surface area (Å²) in [5.74, 6) is 1.53. The lowest BCUT2D eigenvalue weighted by Gasteiger charge is -2.34. The van der Waals surface area contributed by atoms with Gasteiger partial charge in [-0.25, -0.2) is 9.97 Å². The molecule has 0 unspecified atom stereocenters. The lowest BCUT2D eigenvalue weighted by molar-refractivity contribution is 0.0626. The molecule has 2 aromatic rings. The number of aromatic nitrogens is 4. The minimum absolute atomic E-state index is 0.0283. The van der Waals surface area contributed by atoms with Crippen molar-refractivity contribution in [1.82, 2.24) is 29.3 Å². The van der Waals surface area contributed by atoms with E-state index in [2.05, 4.69) is 38.3 Å². The Kier molecular flexibility index (Phi) is 5.20. The molecule has 2 aromatic heterocycles. The fourth-order valence-electron chi connectivity index (χ4n) is 3.01. The van der Waals surface area contributed by atoms with Gasteiger partial charge >= 0.3 is 0 Å². The predicted molar refractivity (Wildman–Crippen MR) is 90.7 cm³/mol. The van der Waals surface area contributed by atoms with Crippen molar-refractivity contribution in [1.29, 1.82) is 0 Å². The molecule has 1 aliphatic rings. The third-order valence-corrected chi connectivity index (χ3v) is 4.36. The molecule has 128 valence electrons. The number of piperazine rings is 1. The number of hydrogen-bond donors (Lipinski definition) is 0. The van der Waals surface area contributed by atoms with Gasteiger partial charge in [-0.1, -0.05) is 13.8 Å². The van der Waals surface area contributed by atoms with E-state index in [9.17, 15) is 4.79 Å². The summed E-state index contributed by atoms with van der Waals surface area (Å²) in [7, 11) is 0. The molecule has 1 saturated heterocycles. The zero-order valence-electron chi connectivity index (χ0n) is 14.3. The Morgan fingerprint density at radius 1 is 1.08 bits per heavy atom. The van der Waals surface area contributed by atoms with Gasteiger partial charge in [0.25, 0.3) is 5.91 Å². The van der Waals surface area contributed by atoms with Crippen molar-refractivity contribution in [3.63, 3.8) is 0 Å². The van der Waals surface area contributed by atoms with Crippen LogP contribution in [0.2, 0.25) is 0 Å². The predicted octanol–water partition coefficient (Wildman–Crippen LogP) is 1.25. The van der Waals surface area contributed by atoms with E-state index in [1.54, 1.807) is 12.4 Å². The molecule has 24 heavy (non-hydrogen) atoms. The first-order valence-corrected chi connectivity index (χ1v) is 8.44. The quantitative estimate of drug-likeness (QED) is 0.826. The second kappa shape index (κ2) is 7.53. The average Bonchev–Trinajstić information content (AvgIpc) is 3.09. The Labute approximate surface area is 142 Å². The van der Waals surface area contributed by atoms with Gasteiger partial charge in [0.15, 0.2) is 0 Å². The third kappa shape index (κ3) is 3.79. The van der Waals surface area contributed by atoms with Crippen LogP contribution in [0.4, 0.5) is 0 Å². The third-order valence-electron chi connectivity index (χ3n) is 4.36. The van der Waals surface area contributed by atoms with Crippen molar-refractivity contribution >= 4 is 5.91 Å². The molecule has 0 spiro atoms. The van der Waals surface area contributed by atoms with Crippen molar-refractivity contribution in [3.8, 4) is 0 Å². The summed E-state index contributed by atoms with van der Waals surface area (Å²) >= 11 is 0. The number of hydrogen-bond acceptors (Lipinski definition) is 5. The molecule has 1 amide bonds. The normalized spacial score (nSPS) is 15.9. The van der Waals surface area contributed by atoms with Crippen LogP contribution >= 0.6 is 0 Å². The van der Waals surface area contributed by atoms with Crippen LogP contribution in [-0.4, -0.2) is 67.9 Å². The molecule has 7 heteroatoms. The van der Waals surface area contributed by atoms with Crippen molar-refractivity contribution in [2.75, 3.05) is 32.7 Å². The Morgan fingerprint density at radius 2 is 1.88 bits per heavy atom. The second-order valence-electron chi connectivity index (χ2n) is 6.36. The maximum absolute atomic E-state index is 12.4. The first-order chi connectivity index (χ1) is 11.6. The topological polar surface area (TPSA) is 67.2 Å². The highest BCUT2D eigenvalue weighted by Gasteiger charge is 2.23. The molecule has 7 nitrogen and oxygen atoms in total.